The summed E-state index contributed by atoms with van der Waals surface area (Å²) < 4.78 is 41.2. The highest BCUT2D eigenvalue weighted by Gasteiger charge is 2.34. The fraction of sp³-hybridized carbons (Fsp3) is 0.308. The minimum absolute atomic E-state index is 0.0130. The van der Waals surface area contributed by atoms with Crippen molar-refractivity contribution in [1.82, 2.24) is 9.55 Å². The first-order valence-corrected chi connectivity index (χ1v) is 6.78. The number of benzene rings is 1. The van der Waals surface area contributed by atoms with Crippen molar-refractivity contribution in [3.63, 3.8) is 0 Å². The summed E-state index contributed by atoms with van der Waals surface area (Å²) in [7, 11) is 0. The van der Waals surface area contributed by atoms with Crippen molar-refractivity contribution < 1.29 is 13.2 Å². The normalized spacial score (nSPS) is 11.7. The van der Waals surface area contributed by atoms with Crippen LogP contribution in [0.5, 0.6) is 0 Å². The molecule has 0 spiro atoms. The topological polar surface area (TPSA) is 29.9 Å². The molecule has 1 aromatic heterocycles. The Morgan fingerprint density at radius 2 is 2.05 bits per heavy atom. The summed E-state index contributed by atoms with van der Waals surface area (Å²) in [5.74, 6) is 0.401. The molecule has 0 unspecified atom stereocenters. The van der Waals surface area contributed by atoms with E-state index in [1.165, 1.54) is 6.07 Å². The van der Waals surface area contributed by atoms with E-state index in [4.69, 9.17) is 0 Å². The van der Waals surface area contributed by atoms with Gasteiger partial charge in [-0.1, -0.05) is 15.9 Å². The molecular formula is C13H13BrF3N3. The highest BCUT2D eigenvalue weighted by Crippen LogP contribution is 2.37. The number of nitrogens with zero attached hydrogens (tertiary/aromatic N) is 2. The van der Waals surface area contributed by atoms with Crippen LogP contribution in [0.25, 0.3) is 0 Å². The average Bonchev–Trinajstić information content (AvgIpc) is 2.70. The summed E-state index contributed by atoms with van der Waals surface area (Å²) in [6, 6.07) is 4.00. The predicted molar refractivity (Wildman–Crippen MR) is 75.1 cm³/mol. The Morgan fingerprint density at radius 1 is 1.35 bits per heavy atom. The van der Waals surface area contributed by atoms with Gasteiger partial charge in [0.2, 0.25) is 5.95 Å². The maximum atomic E-state index is 13.0. The fourth-order valence-corrected chi connectivity index (χ4v) is 2.23. The van der Waals surface area contributed by atoms with Crippen molar-refractivity contribution in [3.05, 3.63) is 40.1 Å². The molecule has 1 aromatic carbocycles. The largest absolute Gasteiger partial charge is 0.418 e. The van der Waals surface area contributed by atoms with Crippen LogP contribution >= 0.6 is 15.9 Å². The Bertz CT molecular complexity index is 620. The Morgan fingerprint density at radius 3 is 2.65 bits per heavy atom. The lowest BCUT2D eigenvalue weighted by molar-refractivity contribution is -0.137. The minimum Gasteiger partial charge on any atom is -0.325 e. The highest BCUT2D eigenvalue weighted by atomic mass is 79.9. The second-order valence-corrected chi connectivity index (χ2v) is 5.22. The first-order chi connectivity index (χ1) is 9.31. The van der Waals surface area contributed by atoms with E-state index in [0.29, 0.717) is 17.0 Å². The number of aryl methyl sites for hydroxylation is 2. The van der Waals surface area contributed by atoms with Crippen molar-refractivity contribution in [2.45, 2.75) is 26.6 Å². The quantitative estimate of drug-likeness (QED) is 0.869. The molecule has 0 radical (unpaired) electrons. The van der Waals surface area contributed by atoms with Gasteiger partial charge in [0.15, 0.2) is 0 Å². The second kappa shape index (κ2) is 5.47. The summed E-state index contributed by atoms with van der Waals surface area (Å²) in [5.41, 5.74) is 0.0104. The Hall–Kier alpha value is -1.50. The summed E-state index contributed by atoms with van der Waals surface area (Å²) in [6.45, 7) is 4.32. The van der Waals surface area contributed by atoms with Gasteiger partial charge in [0.05, 0.1) is 16.9 Å². The molecule has 3 nitrogen and oxygen atoms in total. The standard InChI is InChI=1S/C13H13BrF3N3/c1-3-20-7-8(2)18-12(20)19-11-5-4-9(14)6-10(11)13(15,16)17/h4-7H,3H2,1-2H3,(H,18,19). The van der Waals surface area contributed by atoms with Crippen LogP contribution in [0, 0.1) is 6.92 Å². The van der Waals surface area contributed by atoms with E-state index in [1.807, 2.05) is 6.92 Å². The number of hydrogen-bond donors (Lipinski definition) is 1. The van der Waals surface area contributed by atoms with Crippen LogP contribution in [0.2, 0.25) is 0 Å². The van der Waals surface area contributed by atoms with Gasteiger partial charge in [-0.15, -0.1) is 0 Å². The van der Waals surface area contributed by atoms with Crippen molar-refractivity contribution >= 4 is 27.6 Å². The van der Waals surface area contributed by atoms with E-state index >= 15 is 0 Å². The van der Waals surface area contributed by atoms with Crippen molar-refractivity contribution in [2.75, 3.05) is 5.32 Å². The van der Waals surface area contributed by atoms with E-state index in [2.05, 4.69) is 26.2 Å². The Balaban J connectivity index is 2.43. The lowest BCUT2D eigenvalue weighted by atomic mass is 10.1. The van der Waals surface area contributed by atoms with Crippen molar-refractivity contribution in [3.8, 4) is 0 Å². The first kappa shape index (κ1) is 14.9. The molecule has 0 amide bonds. The fourth-order valence-electron chi connectivity index (χ4n) is 1.87. The maximum absolute atomic E-state index is 13.0. The third kappa shape index (κ3) is 3.15. The molecule has 1 heterocycles. The molecule has 0 aliphatic rings. The molecule has 2 aromatic rings. The lowest BCUT2D eigenvalue weighted by Crippen LogP contribution is -2.10. The zero-order chi connectivity index (χ0) is 14.9. The maximum Gasteiger partial charge on any atom is 0.418 e. The summed E-state index contributed by atoms with van der Waals surface area (Å²) in [4.78, 5) is 4.20. The number of rotatable bonds is 3. The van der Waals surface area contributed by atoms with Crippen molar-refractivity contribution in [2.24, 2.45) is 0 Å². The first-order valence-electron chi connectivity index (χ1n) is 5.98. The Kier molecular flexibility index (Phi) is 4.08. The molecule has 0 saturated heterocycles. The van der Waals surface area contributed by atoms with Gasteiger partial charge in [-0.25, -0.2) is 4.98 Å². The van der Waals surface area contributed by atoms with Crippen LogP contribution in [0.3, 0.4) is 0 Å². The molecule has 0 aliphatic heterocycles. The minimum atomic E-state index is -4.43. The summed E-state index contributed by atoms with van der Waals surface area (Å²) >= 11 is 3.06. The number of alkyl halides is 3. The monoisotopic (exact) mass is 347 g/mol. The number of imidazole rings is 1. The van der Waals surface area contributed by atoms with Gasteiger partial charge in [0, 0.05) is 17.2 Å². The number of hydrogen-bond acceptors (Lipinski definition) is 2. The zero-order valence-corrected chi connectivity index (χ0v) is 12.5. The second-order valence-electron chi connectivity index (χ2n) is 4.30. The van der Waals surface area contributed by atoms with E-state index in [1.54, 1.807) is 23.8 Å². The van der Waals surface area contributed by atoms with E-state index in [-0.39, 0.29) is 5.69 Å². The van der Waals surface area contributed by atoms with E-state index < -0.39 is 11.7 Å². The molecule has 7 heteroatoms. The molecule has 0 fully saturated rings. The Labute approximate surface area is 123 Å². The summed E-state index contributed by atoms with van der Waals surface area (Å²) in [5, 5.41) is 2.76. The van der Waals surface area contributed by atoms with Crippen LogP contribution in [0.15, 0.2) is 28.9 Å². The SMILES string of the molecule is CCn1cc(C)nc1Nc1ccc(Br)cc1C(F)(F)F. The van der Waals surface area contributed by atoms with Gasteiger partial charge in [-0.2, -0.15) is 13.2 Å². The molecule has 0 aliphatic carbocycles. The van der Waals surface area contributed by atoms with Gasteiger partial charge in [0.25, 0.3) is 0 Å². The number of anilines is 2. The smallest absolute Gasteiger partial charge is 0.325 e. The highest BCUT2D eigenvalue weighted by molar-refractivity contribution is 9.10. The molecule has 2 rings (SSSR count). The molecule has 108 valence electrons. The molecule has 0 saturated carbocycles. The zero-order valence-electron chi connectivity index (χ0n) is 10.9. The van der Waals surface area contributed by atoms with Crippen molar-refractivity contribution in [1.29, 1.82) is 0 Å². The molecule has 0 atom stereocenters. The number of aromatic nitrogens is 2. The van der Waals surface area contributed by atoms with Crippen LogP contribution in [0.4, 0.5) is 24.8 Å². The lowest BCUT2D eigenvalue weighted by Gasteiger charge is -2.15. The molecule has 1 N–H and O–H groups in total. The van der Waals surface area contributed by atoms with Crippen LogP contribution in [-0.4, -0.2) is 9.55 Å². The average molecular weight is 348 g/mol. The molecule has 0 bridgehead atoms. The number of halogens is 4. The van der Waals surface area contributed by atoms with Gasteiger partial charge < -0.3 is 9.88 Å². The third-order valence-corrected chi connectivity index (χ3v) is 3.26. The predicted octanol–water partition coefficient (Wildman–Crippen LogP) is 4.74. The van der Waals surface area contributed by atoms with Crippen LogP contribution in [-0.2, 0) is 12.7 Å². The van der Waals surface area contributed by atoms with Gasteiger partial charge in [-0.05, 0) is 32.0 Å². The third-order valence-electron chi connectivity index (χ3n) is 2.77. The van der Waals surface area contributed by atoms with Gasteiger partial charge >= 0.3 is 6.18 Å². The summed E-state index contributed by atoms with van der Waals surface area (Å²) in [6.07, 6.45) is -2.64. The van der Waals surface area contributed by atoms with E-state index in [0.717, 1.165) is 11.8 Å². The number of nitrogens with one attached hydrogen (secondary N) is 1. The van der Waals surface area contributed by atoms with Crippen LogP contribution < -0.4 is 5.32 Å². The van der Waals surface area contributed by atoms with E-state index in [9.17, 15) is 13.2 Å². The van der Waals surface area contributed by atoms with Gasteiger partial charge in [0.1, 0.15) is 0 Å². The van der Waals surface area contributed by atoms with Crippen LogP contribution in [0.1, 0.15) is 18.2 Å². The molecular weight excluding hydrogens is 335 g/mol. The molecule has 20 heavy (non-hydrogen) atoms. The van der Waals surface area contributed by atoms with Gasteiger partial charge in [-0.3, -0.25) is 0 Å².